The van der Waals surface area contributed by atoms with Crippen molar-refractivity contribution >= 4 is 5.96 Å². The highest BCUT2D eigenvalue weighted by molar-refractivity contribution is 5.79. The maximum absolute atomic E-state index is 5.49. The molecule has 0 saturated carbocycles. The third kappa shape index (κ3) is 4.92. The first kappa shape index (κ1) is 19.2. The maximum Gasteiger partial charge on any atom is 0.193 e. The fourth-order valence-electron chi connectivity index (χ4n) is 3.01. The van der Waals surface area contributed by atoms with Gasteiger partial charge in [-0.1, -0.05) is 0 Å². The van der Waals surface area contributed by atoms with E-state index in [2.05, 4.69) is 15.2 Å². The van der Waals surface area contributed by atoms with Crippen LogP contribution in [0.3, 0.4) is 0 Å². The first-order chi connectivity index (χ1) is 12.1. The lowest BCUT2D eigenvalue weighted by Crippen LogP contribution is -2.41. The Morgan fingerprint density at radius 3 is 2.40 bits per heavy atom. The highest BCUT2D eigenvalue weighted by Crippen LogP contribution is 2.33. The lowest BCUT2D eigenvalue weighted by atomic mass is 10.1. The molecule has 1 aliphatic heterocycles. The highest BCUT2D eigenvalue weighted by atomic mass is 16.5. The summed E-state index contributed by atoms with van der Waals surface area (Å²) in [6.07, 6.45) is 1.10. The smallest absolute Gasteiger partial charge is 0.193 e. The van der Waals surface area contributed by atoms with Gasteiger partial charge in [0.1, 0.15) is 17.2 Å². The molecule has 1 aromatic rings. The van der Waals surface area contributed by atoms with Crippen LogP contribution < -0.4 is 19.5 Å². The van der Waals surface area contributed by atoms with Crippen molar-refractivity contribution in [3.05, 3.63) is 17.7 Å². The molecule has 1 atom stereocenters. The van der Waals surface area contributed by atoms with E-state index in [1.807, 2.05) is 19.2 Å². The van der Waals surface area contributed by atoms with Crippen LogP contribution in [-0.2, 0) is 11.3 Å². The molecule has 1 fully saturated rings. The van der Waals surface area contributed by atoms with E-state index >= 15 is 0 Å². The predicted octanol–water partition coefficient (Wildman–Crippen LogP) is 1.76. The van der Waals surface area contributed by atoms with Crippen molar-refractivity contribution in [3.8, 4) is 17.2 Å². The SMILES string of the molecule is CN=C(NCc1c(OC)cc(OC)cc1OC)N(C)CC1CCOC1. The lowest BCUT2D eigenvalue weighted by Gasteiger charge is -2.25. The molecule has 140 valence electrons. The minimum Gasteiger partial charge on any atom is -0.496 e. The predicted molar refractivity (Wildman–Crippen MR) is 97.9 cm³/mol. The van der Waals surface area contributed by atoms with Gasteiger partial charge < -0.3 is 29.2 Å². The number of benzene rings is 1. The summed E-state index contributed by atoms with van der Waals surface area (Å²) in [6.45, 7) is 3.12. The normalized spacial score (nSPS) is 17.3. The number of nitrogens with zero attached hydrogens (tertiary/aromatic N) is 2. The number of hydrogen-bond donors (Lipinski definition) is 1. The molecule has 7 nitrogen and oxygen atoms in total. The molecule has 0 aliphatic carbocycles. The number of ether oxygens (including phenoxy) is 4. The zero-order valence-corrected chi connectivity index (χ0v) is 15.8. The van der Waals surface area contributed by atoms with E-state index in [1.165, 1.54) is 0 Å². The molecule has 0 radical (unpaired) electrons. The van der Waals surface area contributed by atoms with Crippen LogP contribution >= 0.6 is 0 Å². The topological polar surface area (TPSA) is 64.6 Å². The van der Waals surface area contributed by atoms with Crippen molar-refractivity contribution in [2.24, 2.45) is 10.9 Å². The molecule has 0 aromatic heterocycles. The molecular weight excluding hydrogens is 322 g/mol. The van der Waals surface area contributed by atoms with Crippen LogP contribution in [0.1, 0.15) is 12.0 Å². The van der Waals surface area contributed by atoms with Crippen LogP contribution in [0.25, 0.3) is 0 Å². The van der Waals surface area contributed by atoms with Gasteiger partial charge in [-0.2, -0.15) is 0 Å². The van der Waals surface area contributed by atoms with E-state index in [0.29, 0.717) is 29.7 Å². The summed E-state index contributed by atoms with van der Waals surface area (Å²) in [5.74, 6) is 3.50. The Hall–Kier alpha value is -2.15. The van der Waals surface area contributed by atoms with Gasteiger partial charge in [0, 0.05) is 45.3 Å². The molecule has 1 N–H and O–H groups in total. The fraction of sp³-hybridized carbons (Fsp3) is 0.611. The summed E-state index contributed by atoms with van der Waals surface area (Å²) in [5, 5.41) is 3.38. The summed E-state index contributed by atoms with van der Waals surface area (Å²) in [4.78, 5) is 6.50. The van der Waals surface area contributed by atoms with E-state index < -0.39 is 0 Å². The molecule has 25 heavy (non-hydrogen) atoms. The second-order valence-electron chi connectivity index (χ2n) is 6.02. The van der Waals surface area contributed by atoms with Gasteiger partial charge in [-0.05, 0) is 6.42 Å². The molecule has 0 amide bonds. The zero-order chi connectivity index (χ0) is 18.2. The van der Waals surface area contributed by atoms with E-state index in [0.717, 1.165) is 37.7 Å². The number of methoxy groups -OCH3 is 3. The number of guanidine groups is 1. The Labute approximate surface area is 149 Å². The Balaban J connectivity index is 2.07. The maximum atomic E-state index is 5.49. The third-order valence-corrected chi connectivity index (χ3v) is 4.37. The van der Waals surface area contributed by atoms with Gasteiger partial charge in [0.2, 0.25) is 0 Å². The highest BCUT2D eigenvalue weighted by Gasteiger charge is 2.20. The molecule has 2 rings (SSSR count). The molecule has 0 spiro atoms. The monoisotopic (exact) mass is 351 g/mol. The van der Waals surface area contributed by atoms with Crippen LogP contribution in [0, 0.1) is 5.92 Å². The minimum atomic E-state index is 0.536. The van der Waals surface area contributed by atoms with Crippen molar-refractivity contribution in [2.45, 2.75) is 13.0 Å². The first-order valence-electron chi connectivity index (χ1n) is 8.41. The van der Waals surface area contributed by atoms with Crippen LogP contribution in [0.5, 0.6) is 17.2 Å². The molecule has 1 aliphatic rings. The van der Waals surface area contributed by atoms with Gasteiger partial charge in [-0.15, -0.1) is 0 Å². The van der Waals surface area contributed by atoms with Crippen LogP contribution in [0.2, 0.25) is 0 Å². The summed E-state index contributed by atoms with van der Waals surface area (Å²) in [6, 6.07) is 3.70. The van der Waals surface area contributed by atoms with Gasteiger partial charge in [0.05, 0.1) is 40.0 Å². The van der Waals surface area contributed by atoms with Crippen LogP contribution in [0.4, 0.5) is 0 Å². The van der Waals surface area contributed by atoms with Gasteiger partial charge >= 0.3 is 0 Å². The quantitative estimate of drug-likeness (QED) is 0.596. The second kappa shape index (κ2) is 9.36. The Kier molecular flexibility index (Phi) is 7.18. The summed E-state index contributed by atoms with van der Waals surface area (Å²) < 4.78 is 21.7. The third-order valence-electron chi connectivity index (χ3n) is 4.37. The zero-order valence-electron chi connectivity index (χ0n) is 15.8. The minimum absolute atomic E-state index is 0.536. The fourth-order valence-corrected chi connectivity index (χ4v) is 3.01. The molecule has 1 heterocycles. The van der Waals surface area contributed by atoms with Crippen molar-refractivity contribution in [1.29, 1.82) is 0 Å². The molecule has 0 bridgehead atoms. The van der Waals surface area contributed by atoms with Crippen molar-refractivity contribution in [1.82, 2.24) is 10.2 Å². The second-order valence-corrected chi connectivity index (χ2v) is 6.02. The van der Waals surface area contributed by atoms with Crippen LogP contribution in [-0.4, -0.2) is 66.0 Å². The average Bonchev–Trinajstić information content (AvgIpc) is 3.14. The summed E-state index contributed by atoms with van der Waals surface area (Å²) >= 11 is 0. The van der Waals surface area contributed by atoms with Crippen molar-refractivity contribution in [2.75, 3.05) is 55.2 Å². The van der Waals surface area contributed by atoms with Gasteiger partial charge in [0.15, 0.2) is 5.96 Å². The Bertz CT molecular complexity index is 561. The van der Waals surface area contributed by atoms with Gasteiger partial charge in [-0.25, -0.2) is 0 Å². The van der Waals surface area contributed by atoms with E-state index in [-0.39, 0.29) is 0 Å². The first-order valence-corrected chi connectivity index (χ1v) is 8.41. The average molecular weight is 351 g/mol. The summed E-state index contributed by atoms with van der Waals surface area (Å²) in [5.41, 5.74) is 0.921. The van der Waals surface area contributed by atoms with E-state index in [1.54, 1.807) is 28.4 Å². The lowest BCUT2D eigenvalue weighted by molar-refractivity contribution is 0.181. The number of hydrogen-bond acceptors (Lipinski definition) is 5. The molecule has 1 aromatic carbocycles. The van der Waals surface area contributed by atoms with Gasteiger partial charge in [0.25, 0.3) is 0 Å². The summed E-state index contributed by atoms with van der Waals surface area (Å²) in [7, 11) is 8.72. The van der Waals surface area contributed by atoms with E-state index in [4.69, 9.17) is 18.9 Å². The molecular formula is C18H29N3O4. The van der Waals surface area contributed by atoms with Gasteiger partial charge in [-0.3, -0.25) is 4.99 Å². The number of nitrogens with one attached hydrogen (secondary N) is 1. The van der Waals surface area contributed by atoms with E-state index in [9.17, 15) is 0 Å². The largest absolute Gasteiger partial charge is 0.496 e. The Morgan fingerprint density at radius 1 is 1.24 bits per heavy atom. The number of rotatable bonds is 7. The van der Waals surface area contributed by atoms with Crippen LogP contribution in [0.15, 0.2) is 17.1 Å². The standard InChI is InChI=1S/C18H29N3O4/c1-19-18(21(2)11-13-6-7-25-12-13)20-10-15-16(23-4)8-14(22-3)9-17(15)24-5/h8-9,13H,6-7,10-12H2,1-5H3,(H,19,20). The molecule has 1 saturated heterocycles. The molecule has 1 unspecified atom stereocenters. The Morgan fingerprint density at radius 2 is 1.92 bits per heavy atom. The van der Waals surface area contributed by atoms with Crippen molar-refractivity contribution in [3.63, 3.8) is 0 Å². The number of aliphatic imine (C=N–C) groups is 1. The van der Waals surface area contributed by atoms with Crippen molar-refractivity contribution < 1.29 is 18.9 Å². The molecule has 7 heteroatoms.